The maximum absolute atomic E-state index is 11.3. The molecule has 0 spiro atoms. The number of oxazole rings is 1. The molecule has 7 nitrogen and oxygen atoms in total. The third-order valence-electron chi connectivity index (χ3n) is 5.76. The van der Waals surface area contributed by atoms with Gasteiger partial charge in [-0.05, 0) is 61.4 Å². The van der Waals surface area contributed by atoms with Crippen molar-refractivity contribution in [2.45, 2.75) is 12.8 Å². The SMILES string of the molecule is O=C(O)C1CCN(c2nc(-c3ccc(Oc4ccccc4)cc3)c(-c3cccnc3)o2)CC1. The third kappa shape index (κ3) is 4.57. The van der Waals surface area contributed by atoms with Crippen LogP contribution >= 0.6 is 0 Å². The summed E-state index contributed by atoms with van der Waals surface area (Å²) in [5, 5.41) is 9.28. The fraction of sp³-hybridized carbons (Fsp3) is 0.192. The minimum atomic E-state index is -0.739. The molecule has 33 heavy (non-hydrogen) atoms. The normalized spacial score (nSPS) is 14.2. The fourth-order valence-corrected chi connectivity index (χ4v) is 3.96. The summed E-state index contributed by atoms with van der Waals surface area (Å²) in [7, 11) is 0. The molecule has 1 aliphatic heterocycles. The summed E-state index contributed by atoms with van der Waals surface area (Å²) >= 11 is 0. The molecule has 0 bridgehead atoms. The first kappa shape index (κ1) is 20.8. The van der Waals surface area contributed by atoms with Gasteiger partial charge in [0, 0.05) is 36.6 Å². The number of carboxylic acid groups (broad SMARTS) is 1. The lowest BCUT2D eigenvalue weighted by Crippen LogP contribution is -2.36. The van der Waals surface area contributed by atoms with E-state index in [1.165, 1.54) is 0 Å². The number of para-hydroxylation sites is 1. The highest BCUT2D eigenvalue weighted by molar-refractivity contribution is 5.78. The molecule has 2 aromatic carbocycles. The molecule has 1 saturated heterocycles. The van der Waals surface area contributed by atoms with E-state index >= 15 is 0 Å². The molecular formula is C26H23N3O4. The van der Waals surface area contributed by atoms with Crippen LogP contribution in [0.15, 0.2) is 83.5 Å². The second kappa shape index (κ2) is 9.16. The zero-order chi connectivity index (χ0) is 22.6. The molecule has 0 radical (unpaired) electrons. The predicted molar refractivity (Wildman–Crippen MR) is 124 cm³/mol. The number of aromatic nitrogens is 2. The van der Waals surface area contributed by atoms with Crippen molar-refractivity contribution in [1.29, 1.82) is 0 Å². The summed E-state index contributed by atoms with van der Waals surface area (Å²) in [6, 6.07) is 21.6. The van der Waals surface area contributed by atoms with Crippen molar-refractivity contribution >= 4 is 12.0 Å². The number of piperidine rings is 1. The fourth-order valence-electron chi connectivity index (χ4n) is 3.96. The molecule has 1 fully saturated rings. The largest absolute Gasteiger partial charge is 0.481 e. The van der Waals surface area contributed by atoms with E-state index in [0.717, 1.165) is 22.6 Å². The number of ether oxygens (including phenoxy) is 1. The summed E-state index contributed by atoms with van der Waals surface area (Å²) < 4.78 is 12.1. The molecular weight excluding hydrogens is 418 g/mol. The smallest absolute Gasteiger partial charge is 0.306 e. The van der Waals surface area contributed by atoms with Gasteiger partial charge in [-0.15, -0.1) is 0 Å². The lowest BCUT2D eigenvalue weighted by Gasteiger charge is -2.28. The highest BCUT2D eigenvalue weighted by atomic mass is 16.5. The highest BCUT2D eigenvalue weighted by Gasteiger charge is 2.28. The predicted octanol–water partition coefficient (Wildman–Crippen LogP) is 5.50. The van der Waals surface area contributed by atoms with E-state index in [1.807, 2.05) is 71.6 Å². The number of anilines is 1. The van der Waals surface area contributed by atoms with Crippen LogP contribution in [-0.2, 0) is 4.79 Å². The average Bonchev–Trinajstić information content (AvgIpc) is 3.31. The Balaban J connectivity index is 1.44. The molecule has 0 amide bonds. The molecule has 0 aliphatic carbocycles. The summed E-state index contributed by atoms with van der Waals surface area (Å²) in [6.45, 7) is 1.18. The zero-order valence-electron chi connectivity index (χ0n) is 17.9. The van der Waals surface area contributed by atoms with E-state index in [4.69, 9.17) is 14.1 Å². The molecule has 7 heteroatoms. The van der Waals surface area contributed by atoms with Crippen LogP contribution in [0.4, 0.5) is 6.01 Å². The maximum atomic E-state index is 11.3. The molecule has 4 aromatic rings. The molecule has 2 aromatic heterocycles. The number of pyridine rings is 1. The number of hydrogen-bond acceptors (Lipinski definition) is 6. The number of carboxylic acids is 1. The monoisotopic (exact) mass is 441 g/mol. The van der Waals surface area contributed by atoms with Gasteiger partial charge in [0.1, 0.15) is 17.2 Å². The van der Waals surface area contributed by atoms with Crippen LogP contribution in [0.5, 0.6) is 11.5 Å². The topological polar surface area (TPSA) is 88.7 Å². The van der Waals surface area contributed by atoms with Gasteiger partial charge < -0.3 is 19.2 Å². The van der Waals surface area contributed by atoms with E-state index in [1.54, 1.807) is 12.4 Å². The Bertz CT molecular complexity index is 1220. The van der Waals surface area contributed by atoms with Crippen LogP contribution in [0.1, 0.15) is 12.8 Å². The van der Waals surface area contributed by atoms with Gasteiger partial charge in [-0.1, -0.05) is 18.2 Å². The van der Waals surface area contributed by atoms with Gasteiger partial charge in [0.25, 0.3) is 6.01 Å². The molecule has 5 rings (SSSR count). The van der Waals surface area contributed by atoms with Crippen molar-refractivity contribution in [3.8, 4) is 34.1 Å². The molecule has 0 saturated carbocycles. The van der Waals surface area contributed by atoms with Crippen LogP contribution in [0.2, 0.25) is 0 Å². The van der Waals surface area contributed by atoms with Gasteiger partial charge in [0.05, 0.1) is 5.92 Å². The molecule has 0 atom stereocenters. The first-order chi connectivity index (χ1) is 16.2. The number of carbonyl (C=O) groups is 1. The molecule has 166 valence electrons. The zero-order valence-corrected chi connectivity index (χ0v) is 17.9. The van der Waals surface area contributed by atoms with E-state index in [0.29, 0.717) is 43.4 Å². The molecule has 1 aliphatic rings. The summed E-state index contributed by atoms with van der Waals surface area (Å²) in [5.41, 5.74) is 2.44. The Morgan fingerprint density at radius 1 is 0.939 bits per heavy atom. The quantitative estimate of drug-likeness (QED) is 0.423. The number of nitrogens with zero attached hydrogens (tertiary/aromatic N) is 3. The lowest BCUT2D eigenvalue weighted by atomic mass is 9.97. The summed E-state index contributed by atoms with van der Waals surface area (Å²) in [4.78, 5) is 22.3. The standard InChI is InChI=1S/C26H23N3O4/c30-25(31)19-12-15-29(16-13-19)26-28-23(24(33-26)20-5-4-14-27-17-20)18-8-10-22(11-9-18)32-21-6-2-1-3-7-21/h1-11,14,17,19H,12-13,15-16H2,(H,30,31). The van der Waals surface area contributed by atoms with Gasteiger partial charge in [-0.25, -0.2) is 0 Å². The van der Waals surface area contributed by atoms with Crippen LogP contribution < -0.4 is 9.64 Å². The average molecular weight is 441 g/mol. The molecule has 1 N–H and O–H groups in total. The van der Waals surface area contributed by atoms with Crippen molar-refractivity contribution in [2.75, 3.05) is 18.0 Å². The Kier molecular flexibility index (Phi) is 5.76. The van der Waals surface area contributed by atoms with E-state index in [9.17, 15) is 9.90 Å². The maximum Gasteiger partial charge on any atom is 0.306 e. The van der Waals surface area contributed by atoms with Crippen molar-refractivity contribution < 1.29 is 19.1 Å². The Morgan fingerprint density at radius 2 is 1.67 bits per heavy atom. The highest BCUT2D eigenvalue weighted by Crippen LogP contribution is 2.37. The van der Waals surface area contributed by atoms with Crippen LogP contribution in [0.3, 0.4) is 0 Å². The lowest BCUT2D eigenvalue weighted by molar-refractivity contribution is -0.142. The van der Waals surface area contributed by atoms with Gasteiger partial charge >= 0.3 is 5.97 Å². The Labute approximate surface area is 191 Å². The minimum absolute atomic E-state index is 0.314. The summed E-state index contributed by atoms with van der Waals surface area (Å²) in [6.07, 6.45) is 4.60. The summed E-state index contributed by atoms with van der Waals surface area (Å²) in [5.74, 6) is 1.08. The number of benzene rings is 2. The van der Waals surface area contributed by atoms with Crippen LogP contribution in [0, 0.1) is 5.92 Å². The van der Waals surface area contributed by atoms with Gasteiger partial charge in [-0.3, -0.25) is 9.78 Å². The second-order valence-corrected chi connectivity index (χ2v) is 7.95. The van der Waals surface area contributed by atoms with Crippen LogP contribution in [0.25, 0.3) is 22.6 Å². The number of hydrogen-bond donors (Lipinski definition) is 1. The van der Waals surface area contributed by atoms with E-state index in [-0.39, 0.29) is 5.92 Å². The van der Waals surface area contributed by atoms with Crippen LogP contribution in [-0.4, -0.2) is 34.1 Å². The molecule has 3 heterocycles. The Hall–Kier alpha value is -4.13. The van der Waals surface area contributed by atoms with Gasteiger partial charge in [0.2, 0.25) is 0 Å². The minimum Gasteiger partial charge on any atom is -0.481 e. The van der Waals surface area contributed by atoms with E-state index < -0.39 is 5.97 Å². The van der Waals surface area contributed by atoms with Crippen molar-refractivity contribution in [3.63, 3.8) is 0 Å². The number of aliphatic carboxylic acids is 1. The van der Waals surface area contributed by atoms with E-state index in [2.05, 4.69) is 4.98 Å². The number of rotatable bonds is 6. The third-order valence-corrected chi connectivity index (χ3v) is 5.76. The van der Waals surface area contributed by atoms with Crippen molar-refractivity contribution in [3.05, 3.63) is 79.1 Å². The first-order valence-electron chi connectivity index (χ1n) is 10.9. The van der Waals surface area contributed by atoms with Gasteiger partial charge in [-0.2, -0.15) is 4.98 Å². The van der Waals surface area contributed by atoms with Gasteiger partial charge in [0.15, 0.2) is 5.76 Å². The molecule has 0 unspecified atom stereocenters. The van der Waals surface area contributed by atoms with Crippen molar-refractivity contribution in [2.24, 2.45) is 5.92 Å². The Morgan fingerprint density at radius 3 is 2.33 bits per heavy atom. The second-order valence-electron chi connectivity index (χ2n) is 7.95. The van der Waals surface area contributed by atoms with Crippen molar-refractivity contribution in [1.82, 2.24) is 9.97 Å². The first-order valence-corrected chi connectivity index (χ1v) is 10.9.